The molecule has 16 heteroatoms. The number of carbonyl (C=O) groups excluding carboxylic acids is 2. The van der Waals surface area contributed by atoms with Gasteiger partial charge in [-0.2, -0.15) is 5.26 Å². The van der Waals surface area contributed by atoms with Crippen LogP contribution in [0.15, 0.2) is 18.2 Å². The van der Waals surface area contributed by atoms with Gasteiger partial charge in [-0.15, -0.1) is 11.8 Å². The van der Waals surface area contributed by atoms with Crippen LogP contribution in [0, 0.1) is 25.2 Å². The van der Waals surface area contributed by atoms with Crippen LogP contribution in [-0.2, 0) is 32.6 Å². The molecule has 3 aromatic rings. The number of benzene rings is 3. The van der Waals surface area contributed by atoms with Gasteiger partial charge >= 0.3 is 12.1 Å². The summed E-state index contributed by atoms with van der Waals surface area (Å²) < 4.78 is 42.0. The number of aryl methyl sites for hydroxylation is 1. The molecule has 4 bridgehead atoms. The molecule has 7 aliphatic heterocycles. The lowest BCUT2D eigenvalue weighted by molar-refractivity contribution is -0.157. The van der Waals surface area contributed by atoms with Crippen molar-refractivity contribution in [3.8, 4) is 46.3 Å². The van der Waals surface area contributed by atoms with E-state index in [4.69, 9.17) is 33.2 Å². The Morgan fingerprint density at radius 1 is 1.03 bits per heavy atom. The van der Waals surface area contributed by atoms with E-state index in [9.17, 15) is 25.1 Å². The van der Waals surface area contributed by atoms with Crippen molar-refractivity contribution in [3.05, 3.63) is 62.7 Å². The first kappa shape index (κ1) is 39.4. The Kier molecular flexibility index (Phi) is 9.35. The van der Waals surface area contributed by atoms with E-state index < -0.39 is 52.7 Å². The van der Waals surface area contributed by atoms with E-state index in [1.54, 1.807) is 39.8 Å². The van der Waals surface area contributed by atoms with E-state index >= 15 is 0 Å². The van der Waals surface area contributed by atoms with E-state index in [-0.39, 0.29) is 48.2 Å². The van der Waals surface area contributed by atoms with Gasteiger partial charge < -0.3 is 43.4 Å². The second kappa shape index (κ2) is 14.0. The molecule has 7 atom stereocenters. The molecular formula is C43H48N4O11S. The summed E-state index contributed by atoms with van der Waals surface area (Å²) in [5, 5.41) is 37.3. The number of carbonyl (C=O) groups is 2. The van der Waals surface area contributed by atoms with E-state index in [0.717, 1.165) is 16.7 Å². The number of likely N-dealkylation sites (N-methyl/N-ethyl adjacent to an activating group) is 1. The van der Waals surface area contributed by atoms with Crippen molar-refractivity contribution in [2.24, 2.45) is 0 Å². The Hall–Kier alpha value is -5.08. The summed E-state index contributed by atoms with van der Waals surface area (Å²) in [5.41, 5.74) is 3.27. The summed E-state index contributed by atoms with van der Waals surface area (Å²) >= 11 is 1.45. The molecule has 59 heavy (non-hydrogen) atoms. The summed E-state index contributed by atoms with van der Waals surface area (Å²) in [6.45, 7) is 9.14. The van der Waals surface area contributed by atoms with Crippen molar-refractivity contribution in [1.29, 1.82) is 5.26 Å². The minimum absolute atomic E-state index is 0.0250. The minimum Gasteiger partial charge on any atom is -0.507 e. The third-order valence-electron chi connectivity index (χ3n) is 12.8. The van der Waals surface area contributed by atoms with Gasteiger partial charge in [-0.25, -0.2) is 9.59 Å². The van der Waals surface area contributed by atoms with Crippen LogP contribution in [0.3, 0.4) is 0 Å². The number of esters is 1. The Labute approximate surface area is 346 Å². The van der Waals surface area contributed by atoms with E-state index in [2.05, 4.69) is 21.2 Å². The normalized spacial score (nSPS) is 28.0. The molecule has 0 radical (unpaired) electrons. The highest BCUT2D eigenvalue weighted by Gasteiger charge is 2.62. The Morgan fingerprint density at radius 2 is 1.80 bits per heavy atom. The molecule has 1 unspecified atom stereocenters. The summed E-state index contributed by atoms with van der Waals surface area (Å²) in [6, 6.07) is 5.03. The molecule has 312 valence electrons. The molecule has 0 aliphatic carbocycles. The molecule has 3 N–H and O–H groups in total. The molecule has 0 aromatic heterocycles. The molecule has 7 aliphatic rings. The number of phenols is 2. The maximum Gasteiger partial charge on any atom is 0.514 e. The Morgan fingerprint density at radius 3 is 2.51 bits per heavy atom. The van der Waals surface area contributed by atoms with Gasteiger partial charge in [0.15, 0.2) is 40.0 Å². The fourth-order valence-corrected chi connectivity index (χ4v) is 12.1. The zero-order chi connectivity index (χ0) is 41.9. The van der Waals surface area contributed by atoms with E-state index in [1.807, 2.05) is 20.0 Å². The molecule has 0 saturated carbocycles. The molecule has 0 amide bonds. The first-order valence-electron chi connectivity index (χ1n) is 19.7. The van der Waals surface area contributed by atoms with Crippen molar-refractivity contribution in [2.45, 2.75) is 94.1 Å². The minimum atomic E-state index is -1.38. The number of methoxy groups -OCH3 is 2. The lowest BCUT2D eigenvalue weighted by Gasteiger charge is -2.62. The van der Waals surface area contributed by atoms with Crippen LogP contribution >= 0.6 is 11.8 Å². The van der Waals surface area contributed by atoms with Crippen LogP contribution in [0.2, 0.25) is 0 Å². The van der Waals surface area contributed by atoms with Gasteiger partial charge in [-0.05, 0) is 88.9 Å². The van der Waals surface area contributed by atoms with Crippen LogP contribution < -0.4 is 29.0 Å². The highest BCUT2D eigenvalue weighted by molar-refractivity contribution is 7.99. The lowest BCUT2D eigenvalue weighted by Crippen LogP contribution is -2.69. The van der Waals surface area contributed by atoms with Gasteiger partial charge in [-0.1, -0.05) is 6.07 Å². The maximum atomic E-state index is 14.8. The van der Waals surface area contributed by atoms with Crippen molar-refractivity contribution < 1.29 is 53.0 Å². The topological polar surface area (TPSA) is 182 Å². The first-order chi connectivity index (χ1) is 28.1. The number of aromatic hydroxyl groups is 2. The number of nitrogens with zero attached hydrogens (tertiary/aromatic N) is 3. The number of piperazine rings is 1. The third-order valence-corrected chi connectivity index (χ3v) is 14.2. The number of hydrogen-bond donors (Lipinski definition) is 3. The van der Waals surface area contributed by atoms with Gasteiger partial charge in [0.2, 0.25) is 6.79 Å². The van der Waals surface area contributed by atoms with E-state index in [0.29, 0.717) is 64.5 Å². The van der Waals surface area contributed by atoms with Gasteiger partial charge in [0.1, 0.15) is 24.0 Å². The predicted octanol–water partition coefficient (Wildman–Crippen LogP) is 5.38. The molecular weight excluding hydrogens is 781 g/mol. The van der Waals surface area contributed by atoms with Gasteiger partial charge in [0.25, 0.3) is 0 Å². The van der Waals surface area contributed by atoms with Crippen molar-refractivity contribution in [2.75, 3.05) is 47.0 Å². The zero-order valence-corrected chi connectivity index (χ0v) is 35.1. The fourth-order valence-electron chi connectivity index (χ4n) is 10.4. The van der Waals surface area contributed by atoms with Crippen LogP contribution in [0.4, 0.5) is 4.79 Å². The quantitative estimate of drug-likeness (QED) is 0.226. The average Bonchev–Trinajstić information content (AvgIpc) is 3.67. The molecule has 2 fully saturated rings. The molecule has 3 aromatic carbocycles. The Balaban J connectivity index is 1.30. The second-order valence-electron chi connectivity index (χ2n) is 17.1. The predicted molar refractivity (Wildman–Crippen MR) is 214 cm³/mol. The summed E-state index contributed by atoms with van der Waals surface area (Å²) in [6.07, 6.45) is 0.102. The highest BCUT2D eigenvalue weighted by Crippen LogP contribution is 2.64. The van der Waals surface area contributed by atoms with Gasteiger partial charge in [0, 0.05) is 46.6 Å². The number of phenolic OH excluding ortho intramolecular Hbond substituents is 2. The van der Waals surface area contributed by atoms with Gasteiger partial charge in [0.05, 0.1) is 37.6 Å². The second-order valence-corrected chi connectivity index (χ2v) is 18.2. The molecule has 10 rings (SSSR count). The number of thioether (sulfide) groups is 1. The molecule has 7 heterocycles. The summed E-state index contributed by atoms with van der Waals surface area (Å²) in [7, 11) is 4.97. The van der Waals surface area contributed by atoms with Crippen molar-refractivity contribution >= 4 is 23.9 Å². The number of rotatable bonds is 3. The van der Waals surface area contributed by atoms with Crippen LogP contribution in [-0.4, -0.2) is 103 Å². The van der Waals surface area contributed by atoms with E-state index in [1.165, 1.54) is 26.0 Å². The van der Waals surface area contributed by atoms with Crippen LogP contribution in [0.25, 0.3) is 0 Å². The SMILES string of the molecule is COc1cc2c(cc1O)CCN[C@]21CS[C@@H]2c3c(O)c(C)c4c(c3[C@H](COC1=O)N1C2[C@@H]2c3c(cc(C)c(OC)c3OC(=O)OC(C)(C)C)C[C@@H]([C@@H]1C#N)N2C)OCO4. The smallest absolute Gasteiger partial charge is 0.507 e. The van der Waals surface area contributed by atoms with Crippen LogP contribution in [0.1, 0.15) is 82.6 Å². The number of nitriles is 1. The molecule has 1 spiro atoms. The number of nitrogens with one attached hydrogen (secondary N) is 1. The number of ether oxygens (including phenoxy) is 7. The summed E-state index contributed by atoms with van der Waals surface area (Å²) in [4.78, 5) is 32.7. The van der Waals surface area contributed by atoms with Crippen LogP contribution in [0.5, 0.6) is 40.2 Å². The molecule has 15 nitrogen and oxygen atoms in total. The van der Waals surface area contributed by atoms with Crippen molar-refractivity contribution in [1.82, 2.24) is 15.1 Å². The number of hydrogen-bond acceptors (Lipinski definition) is 16. The third kappa shape index (κ3) is 5.79. The number of fused-ring (bicyclic) bond motifs is 9. The maximum absolute atomic E-state index is 14.8. The summed E-state index contributed by atoms with van der Waals surface area (Å²) in [5.74, 6) is 1.28. The first-order valence-corrected chi connectivity index (χ1v) is 20.8. The molecule has 2 saturated heterocycles. The monoisotopic (exact) mass is 828 g/mol. The van der Waals surface area contributed by atoms with Crippen molar-refractivity contribution in [3.63, 3.8) is 0 Å². The largest absolute Gasteiger partial charge is 0.514 e. The Bertz CT molecular complexity index is 2340. The zero-order valence-electron chi connectivity index (χ0n) is 34.3. The van der Waals surface area contributed by atoms with Gasteiger partial charge in [-0.3, -0.25) is 15.1 Å². The highest BCUT2D eigenvalue weighted by atomic mass is 32.2. The standard InChI is InChI=1S/C43H48N4O11S/c1-19-11-22-12-24-25(15-44)47-26-16-54-40(50)43(23-14-28(52-7)27(48)13-21(23)9-10-45-43)17-59-39(31-30(26)37-36(55-18-56-37)20(2)34(31)49)33(47)32(46(24)6)29(22)38(35(19)53-8)57-41(51)58-42(3,4)5/h11,13-14,24-26,32-33,39,45,48-49H,9-10,12,16-18H2,1-8H3/t24-,25-,26-,32-,33?,39+,43+/m0/s1. The average molecular weight is 829 g/mol. The lowest BCUT2D eigenvalue weighted by atomic mass is 9.71. The fraction of sp³-hybridized carbons (Fsp3) is 0.512.